The number of aromatic nitrogens is 2. The number of aryl methyl sites for hydroxylation is 1. The third-order valence-corrected chi connectivity index (χ3v) is 2.04. The lowest BCUT2D eigenvalue weighted by Gasteiger charge is -2.14. The van der Waals surface area contributed by atoms with Crippen LogP contribution in [0.3, 0.4) is 0 Å². The smallest absolute Gasteiger partial charge is 0.291 e. The molecule has 0 aliphatic heterocycles. The van der Waals surface area contributed by atoms with Gasteiger partial charge in [-0.2, -0.15) is 13.9 Å². The fraction of sp³-hybridized carbons (Fsp3) is 0.571. The van der Waals surface area contributed by atoms with Gasteiger partial charge in [0.25, 0.3) is 5.92 Å². The number of halogens is 3. The first-order valence-electron chi connectivity index (χ1n) is 3.66. The van der Waals surface area contributed by atoms with Crippen molar-refractivity contribution in [3.63, 3.8) is 0 Å². The molecule has 0 atom stereocenters. The molecule has 13 heavy (non-hydrogen) atoms. The van der Waals surface area contributed by atoms with Gasteiger partial charge < -0.3 is 5.11 Å². The molecule has 0 aliphatic carbocycles. The fourth-order valence-corrected chi connectivity index (χ4v) is 1.50. The minimum Gasteiger partial charge on any atom is -0.396 e. The molecule has 6 heteroatoms. The van der Waals surface area contributed by atoms with Gasteiger partial charge in [0.2, 0.25) is 0 Å². The molecule has 0 bridgehead atoms. The first kappa shape index (κ1) is 10.6. The fourth-order valence-electron chi connectivity index (χ4n) is 1.04. The van der Waals surface area contributed by atoms with E-state index in [1.54, 1.807) is 0 Å². The van der Waals surface area contributed by atoms with Gasteiger partial charge in [-0.25, -0.2) is 0 Å². The van der Waals surface area contributed by atoms with Crippen LogP contribution in [0.5, 0.6) is 0 Å². The molecule has 1 rings (SSSR count). The summed E-state index contributed by atoms with van der Waals surface area (Å²) in [5.41, 5.74) is -0.201. The lowest BCUT2D eigenvalue weighted by molar-refractivity contribution is -0.0342. The minimum absolute atomic E-state index is 0.201. The van der Waals surface area contributed by atoms with Crippen molar-refractivity contribution in [3.05, 3.63) is 16.4 Å². The topological polar surface area (TPSA) is 38.0 Å². The lowest BCUT2D eigenvalue weighted by Crippen LogP contribution is -2.19. The number of hydrogen-bond acceptors (Lipinski definition) is 2. The second kappa shape index (κ2) is 3.71. The second-order valence-corrected chi connectivity index (χ2v) is 3.47. The van der Waals surface area contributed by atoms with Crippen molar-refractivity contribution in [1.29, 1.82) is 0 Å². The number of nitrogens with zero attached hydrogens (tertiary/aromatic N) is 2. The van der Waals surface area contributed by atoms with E-state index in [4.69, 9.17) is 5.11 Å². The van der Waals surface area contributed by atoms with Crippen molar-refractivity contribution >= 4 is 15.9 Å². The molecule has 74 valence electrons. The van der Waals surface area contributed by atoms with E-state index in [0.29, 0.717) is 4.60 Å². The first-order valence-corrected chi connectivity index (χ1v) is 4.45. The summed E-state index contributed by atoms with van der Waals surface area (Å²) in [7, 11) is 1.44. The monoisotopic (exact) mass is 254 g/mol. The van der Waals surface area contributed by atoms with Crippen LogP contribution >= 0.6 is 15.9 Å². The van der Waals surface area contributed by atoms with Crippen LogP contribution in [-0.4, -0.2) is 21.5 Å². The Morgan fingerprint density at radius 1 is 1.69 bits per heavy atom. The minimum atomic E-state index is -3.03. The number of rotatable bonds is 3. The highest BCUT2D eigenvalue weighted by molar-refractivity contribution is 9.10. The average molecular weight is 255 g/mol. The number of aliphatic hydroxyl groups excluding tert-OH is 1. The van der Waals surface area contributed by atoms with E-state index in [1.165, 1.54) is 13.1 Å². The van der Waals surface area contributed by atoms with Gasteiger partial charge in [-0.3, -0.25) is 4.68 Å². The average Bonchev–Trinajstić information content (AvgIpc) is 2.30. The summed E-state index contributed by atoms with van der Waals surface area (Å²) < 4.78 is 27.8. The van der Waals surface area contributed by atoms with E-state index < -0.39 is 19.0 Å². The van der Waals surface area contributed by atoms with Crippen LogP contribution in [0.4, 0.5) is 8.78 Å². The van der Waals surface area contributed by atoms with Gasteiger partial charge in [0.1, 0.15) is 10.3 Å². The number of alkyl halides is 2. The quantitative estimate of drug-likeness (QED) is 0.891. The van der Waals surface area contributed by atoms with E-state index >= 15 is 0 Å². The third kappa shape index (κ3) is 2.25. The standard InChI is InChI=1S/C7H9BrF2N2O/c1-12-5(4-6(8)11-12)7(9,10)2-3-13/h4,13H,2-3H2,1H3. The van der Waals surface area contributed by atoms with Crippen LogP contribution in [0.25, 0.3) is 0 Å². The zero-order valence-electron chi connectivity index (χ0n) is 6.97. The Kier molecular flexibility index (Phi) is 3.02. The molecule has 0 saturated carbocycles. The Balaban J connectivity index is 2.98. The van der Waals surface area contributed by atoms with Gasteiger partial charge in [-0.15, -0.1) is 0 Å². The predicted molar refractivity (Wildman–Crippen MR) is 46.5 cm³/mol. The van der Waals surface area contributed by atoms with Crippen LogP contribution in [-0.2, 0) is 13.0 Å². The molecule has 0 amide bonds. The molecule has 0 fully saturated rings. The number of hydrogen-bond donors (Lipinski definition) is 1. The summed E-state index contributed by atoms with van der Waals surface area (Å²) in [6.45, 7) is -0.546. The molecule has 1 aromatic rings. The summed E-state index contributed by atoms with van der Waals surface area (Å²) in [5, 5.41) is 12.2. The Morgan fingerprint density at radius 2 is 2.31 bits per heavy atom. The van der Waals surface area contributed by atoms with Gasteiger partial charge in [-0.1, -0.05) is 0 Å². The molecular weight excluding hydrogens is 246 g/mol. The van der Waals surface area contributed by atoms with Gasteiger partial charge in [-0.05, 0) is 22.0 Å². The molecule has 1 aromatic heterocycles. The van der Waals surface area contributed by atoms with Crippen molar-refractivity contribution in [1.82, 2.24) is 9.78 Å². The lowest BCUT2D eigenvalue weighted by atomic mass is 10.2. The molecule has 0 spiro atoms. The van der Waals surface area contributed by atoms with Crippen LogP contribution in [0.1, 0.15) is 12.1 Å². The molecule has 1 N–H and O–H groups in total. The molecule has 0 radical (unpaired) electrons. The van der Waals surface area contributed by atoms with Gasteiger partial charge in [0.05, 0.1) is 0 Å². The van der Waals surface area contributed by atoms with Gasteiger partial charge >= 0.3 is 0 Å². The molecule has 0 unspecified atom stereocenters. The summed E-state index contributed by atoms with van der Waals surface area (Å²) in [5.74, 6) is -3.03. The predicted octanol–water partition coefficient (Wildman–Crippen LogP) is 1.66. The molecule has 1 heterocycles. The third-order valence-electron chi connectivity index (χ3n) is 1.65. The Bertz CT molecular complexity index is 301. The maximum absolute atomic E-state index is 13.2. The van der Waals surface area contributed by atoms with Crippen LogP contribution in [0.15, 0.2) is 10.7 Å². The largest absolute Gasteiger partial charge is 0.396 e. The highest BCUT2D eigenvalue weighted by Gasteiger charge is 2.34. The second-order valence-electron chi connectivity index (χ2n) is 2.65. The van der Waals surface area contributed by atoms with Crippen molar-refractivity contribution in [2.45, 2.75) is 12.3 Å². The normalized spacial score (nSPS) is 12.1. The molecule has 0 aromatic carbocycles. The zero-order valence-corrected chi connectivity index (χ0v) is 8.55. The van der Waals surface area contributed by atoms with Crippen LogP contribution in [0.2, 0.25) is 0 Å². The highest BCUT2D eigenvalue weighted by Crippen LogP contribution is 2.32. The molecule has 0 saturated heterocycles. The van der Waals surface area contributed by atoms with Gasteiger partial charge in [0, 0.05) is 20.1 Å². The first-order chi connectivity index (χ1) is 5.97. The van der Waals surface area contributed by atoms with Crippen molar-refractivity contribution in [2.75, 3.05) is 6.61 Å². The summed E-state index contributed by atoms with van der Waals surface area (Å²) in [6.07, 6.45) is -0.584. The summed E-state index contributed by atoms with van der Waals surface area (Å²) >= 11 is 3.00. The zero-order chi connectivity index (χ0) is 10.1. The Morgan fingerprint density at radius 3 is 2.69 bits per heavy atom. The highest BCUT2D eigenvalue weighted by atomic mass is 79.9. The Hall–Kier alpha value is -0.490. The van der Waals surface area contributed by atoms with Crippen LogP contribution in [0, 0.1) is 0 Å². The maximum atomic E-state index is 13.2. The van der Waals surface area contributed by atoms with E-state index in [0.717, 1.165) is 4.68 Å². The molecular formula is C7H9BrF2N2O. The van der Waals surface area contributed by atoms with Crippen molar-refractivity contribution in [3.8, 4) is 0 Å². The number of aliphatic hydroxyl groups is 1. The maximum Gasteiger partial charge on any atom is 0.291 e. The van der Waals surface area contributed by atoms with E-state index in [1.807, 2.05) is 0 Å². The van der Waals surface area contributed by atoms with Crippen LogP contribution < -0.4 is 0 Å². The Labute approximate surface area is 82.5 Å². The van der Waals surface area contributed by atoms with Crippen molar-refractivity contribution < 1.29 is 13.9 Å². The van der Waals surface area contributed by atoms with E-state index in [2.05, 4.69) is 21.0 Å². The van der Waals surface area contributed by atoms with Crippen molar-refractivity contribution in [2.24, 2.45) is 7.05 Å². The SMILES string of the molecule is Cn1nc(Br)cc1C(F)(F)CCO. The summed E-state index contributed by atoms with van der Waals surface area (Å²) in [4.78, 5) is 0. The van der Waals surface area contributed by atoms with E-state index in [9.17, 15) is 8.78 Å². The van der Waals surface area contributed by atoms with E-state index in [-0.39, 0.29) is 5.69 Å². The molecule has 3 nitrogen and oxygen atoms in total. The van der Waals surface area contributed by atoms with Gasteiger partial charge in [0.15, 0.2) is 0 Å². The molecule has 0 aliphatic rings. The summed E-state index contributed by atoms with van der Waals surface area (Å²) in [6, 6.07) is 1.25.